The number of carbonyl (C=O) groups is 2. The lowest BCUT2D eigenvalue weighted by atomic mass is 10.1. The summed E-state index contributed by atoms with van der Waals surface area (Å²) in [5.41, 5.74) is 5.50. The zero-order valence-electron chi connectivity index (χ0n) is 23.3. The largest absolute Gasteiger partial charge is 0.462 e. The first kappa shape index (κ1) is 29.8. The number of hydrogen-bond donors (Lipinski definition) is 1. The highest BCUT2D eigenvalue weighted by molar-refractivity contribution is 6.35. The van der Waals surface area contributed by atoms with Crippen LogP contribution in [0.5, 0.6) is 0 Å². The Labute approximate surface area is 234 Å². The number of ether oxygens (including phenoxy) is 2. The van der Waals surface area contributed by atoms with Crippen LogP contribution < -0.4 is 5.32 Å². The molecule has 39 heavy (non-hydrogen) atoms. The first-order valence-electron chi connectivity index (χ1n) is 12.8. The van der Waals surface area contributed by atoms with Gasteiger partial charge in [-0.1, -0.05) is 11.6 Å². The van der Waals surface area contributed by atoms with E-state index in [0.29, 0.717) is 29.4 Å². The predicted molar refractivity (Wildman–Crippen MR) is 157 cm³/mol. The van der Waals surface area contributed by atoms with Crippen molar-refractivity contribution in [2.45, 2.75) is 27.7 Å². The second-order valence-electron chi connectivity index (χ2n) is 9.19. The lowest BCUT2D eigenvalue weighted by Crippen LogP contribution is -2.21. The van der Waals surface area contributed by atoms with Crippen molar-refractivity contribution in [2.24, 2.45) is 0 Å². The molecule has 2 aromatic carbocycles. The van der Waals surface area contributed by atoms with Crippen LogP contribution in [0.2, 0.25) is 5.02 Å². The summed E-state index contributed by atoms with van der Waals surface area (Å²) < 4.78 is 10.0. The van der Waals surface area contributed by atoms with E-state index in [9.17, 15) is 9.59 Å². The number of carbonyl (C=O) groups excluding carboxylic acids is 2. The number of likely N-dealkylation sites (N-methyl/N-ethyl adjacent to an activating group) is 1. The zero-order valence-corrected chi connectivity index (χ0v) is 24.1. The van der Waals surface area contributed by atoms with Crippen molar-refractivity contribution in [2.75, 3.05) is 45.7 Å². The lowest BCUT2D eigenvalue weighted by molar-refractivity contribution is 0.0517. The summed E-state index contributed by atoms with van der Waals surface area (Å²) >= 11 is 6.12. The average molecular weight is 551 g/mol. The molecule has 0 atom stereocenters. The van der Waals surface area contributed by atoms with Gasteiger partial charge in [-0.25, -0.2) is 9.59 Å². The minimum Gasteiger partial charge on any atom is -0.462 e. The summed E-state index contributed by atoms with van der Waals surface area (Å²) in [6, 6.07) is 14.4. The molecule has 206 valence electrons. The molecule has 0 unspecified atom stereocenters. The van der Waals surface area contributed by atoms with Crippen molar-refractivity contribution in [1.29, 1.82) is 0 Å². The maximum Gasteiger partial charge on any atom is 0.338 e. The smallest absolute Gasteiger partial charge is 0.338 e. The summed E-state index contributed by atoms with van der Waals surface area (Å²) in [6.45, 7) is 9.92. The van der Waals surface area contributed by atoms with Crippen LogP contribution in [0.25, 0.3) is 21.8 Å². The molecule has 8 nitrogen and oxygen atoms in total. The molecule has 0 fully saturated rings. The fourth-order valence-corrected chi connectivity index (χ4v) is 4.22. The van der Waals surface area contributed by atoms with Crippen LogP contribution in [-0.4, -0.2) is 67.2 Å². The van der Waals surface area contributed by atoms with Crippen molar-refractivity contribution >= 4 is 51.0 Å². The van der Waals surface area contributed by atoms with E-state index < -0.39 is 0 Å². The van der Waals surface area contributed by atoms with Gasteiger partial charge in [0.2, 0.25) is 0 Å². The Hall–Kier alpha value is -3.75. The van der Waals surface area contributed by atoms with Gasteiger partial charge in [0.25, 0.3) is 0 Å². The van der Waals surface area contributed by atoms with Gasteiger partial charge in [0.1, 0.15) is 0 Å². The van der Waals surface area contributed by atoms with E-state index in [1.165, 1.54) is 0 Å². The fraction of sp³-hybridized carbons (Fsp3) is 0.333. The molecule has 0 aliphatic rings. The Morgan fingerprint density at radius 2 is 1.33 bits per heavy atom. The van der Waals surface area contributed by atoms with Gasteiger partial charge in [-0.2, -0.15) is 0 Å². The number of anilines is 1. The van der Waals surface area contributed by atoms with Gasteiger partial charge in [0, 0.05) is 40.9 Å². The summed E-state index contributed by atoms with van der Waals surface area (Å²) in [4.78, 5) is 34.5. The van der Waals surface area contributed by atoms with Gasteiger partial charge in [-0.3, -0.25) is 9.97 Å². The third-order valence-corrected chi connectivity index (χ3v) is 6.03. The molecule has 4 rings (SSSR count). The topological polar surface area (TPSA) is 93.7 Å². The van der Waals surface area contributed by atoms with E-state index in [1.807, 2.05) is 46.1 Å². The van der Waals surface area contributed by atoms with E-state index in [4.69, 9.17) is 21.1 Å². The molecule has 0 radical (unpaired) electrons. The summed E-state index contributed by atoms with van der Waals surface area (Å²) in [6.07, 6.45) is 0. The minimum absolute atomic E-state index is 0.302. The number of halogens is 1. The zero-order chi connectivity index (χ0) is 28.5. The van der Waals surface area contributed by atoms with Crippen molar-refractivity contribution in [3.63, 3.8) is 0 Å². The van der Waals surface area contributed by atoms with Gasteiger partial charge in [-0.05, 0) is 90.3 Å². The number of fused-ring (bicyclic) bond motifs is 2. The Morgan fingerprint density at radius 1 is 0.821 bits per heavy atom. The molecule has 4 aromatic rings. The number of nitrogens with zero attached hydrogens (tertiary/aromatic N) is 3. The monoisotopic (exact) mass is 550 g/mol. The number of benzene rings is 2. The van der Waals surface area contributed by atoms with Crippen LogP contribution in [0.1, 0.15) is 46.0 Å². The van der Waals surface area contributed by atoms with Crippen molar-refractivity contribution < 1.29 is 19.1 Å². The number of esters is 2. The van der Waals surface area contributed by atoms with E-state index >= 15 is 0 Å². The second kappa shape index (κ2) is 13.9. The number of rotatable bonds is 8. The molecule has 0 amide bonds. The predicted octanol–water partition coefficient (Wildman–Crippen LogP) is 6.07. The molecule has 0 bridgehead atoms. The number of pyridine rings is 2. The van der Waals surface area contributed by atoms with Crippen molar-refractivity contribution in [1.82, 2.24) is 14.9 Å². The van der Waals surface area contributed by atoms with Crippen LogP contribution in [0.15, 0.2) is 48.5 Å². The third-order valence-electron chi connectivity index (χ3n) is 5.72. The number of hydrogen-bond acceptors (Lipinski definition) is 8. The summed E-state index contributed by atoms with van der Waals surface area (Å²) in [7, 11) is 4.08. The van der Waals surface area contributed by atoms with Crippen LogP contribution in [0.3, 0.4) is 0 Å². The summed E-state index contributed by atoms with van der Waals surface area (Å²) in [5.74, 6) is -0.643. The Balaban J connectivity index is 0.000000223. The first-order valence-corrected chi connectivity index (χ1v) is 13.2. The van der Waals surface area contributed by atoms with Crippen LogP contribution >= 0.6 is 11.6 Å². The van der Waals surface area contributed by atoms with E-state index in [-0.39, 0.29) is 11.9 Å². The van der Waals surface area contributed by atoms with Crippen molar-refractivity contribution in [3.05, 3.63) is 76.1 Å². The minimum atomic E-state index is -0.342. The molecule has 0 aliphatic carbocycles. The average Bonchev–Trinajstić information content (AvgIpc) is 2.88. The van der Waals surface area contributed by atoms with Gasteiger partial charge < -0.3 is 19.7 Å². The molecule has 0 saturated heterocycles. The molecular weight excluding hydrogens is 516 g/mol. The Kier molecular flexibility index (Phi) is 10.6. The number of nitrogens with one attached hydrogen (secondary N) is 1. The number of aryl methyl sites for hydroxylation is 2. The van der Waals surface area contributed by atoms with Gasteiger partial charge >= 0.3 is 11.9 Å². The van der Waals surface area contributed by atoms with Crippen LogP contribution in [0, 0.1) is 13.8 Å². The Bertz CT molecular complexity index is 1470. The fourth-order valence-electron chi connectivity index (χ4n) is 3.91. The van der Waals surface area contributed by atoms with E-state index in [1.54, 1.807) is 44.2 Å². The molecule has 0 aliphatic heterocycles. The van der Waals surface area contributed by atoms with Gasteiger partial charge in [0.15, 0.2) is 0 Å². The summed E-state index contributed by atoms with van der Waals surface area (Å²) in [5, 5.41) is 5.73. The van der Waals surface area contributed by atoms with Crippen LogP contribution in [-0.2, 0) is 9.47 Å². The maximum absolute atomic E-state index is 11.9. The molecule has 0 spiro atoms. The van der Waals surface area contributed by atoms with Gasteiger partial charge in [0.05, 0.1) is 40.4 Å². The standard InChI is InChI=1S/C17H23N3O2.C13H12ClNO2/c1-5-22-17(21)13-6-7-15-14(11-13)16(10-12(2)19-15)18-8-9-20(3)4;1-3-17-13(16)9-4-5-12-10(7-9)11(14)6-8(2)15-12/h6-7,10-11H,5,8-9H2,1-4H3,(H,18,19);4-7H,3H2,1-2H3. The van der Waals surface area contributed by atoms with E-state index in [0.717, 1.165) is 52.0 Å². The highest BCUT2D eigenvalue weighted by Crippen LogP contribution is 2.25. The molecular formula is C30H35ClN4O4. The quantitative estimate of drug-likeness (QED) is 0.264. The molecule has 0 saturated carbocycles. The highest BCUT2D eigenvalue weighted by Gasteiger charge is 2.11. The van der Waals surface area contributed by atoms with Crippen LogP contribution in [0.4, 0.5) is 5.69 Å². The molecule has 1 N–H and O–H groups in total. The van der Waals surface area contributed by atoms with Gasteiger partial charge in [-0.15, -0.1) is 0 Å². The van der Waals surface area contributed by atoms with E-state index in [2.05, 4.69) is 20.2 Å². The SMILES string of the molecule is CCOC(=O)c1ccc2nc(C)cc(Cl)c2c1.CCOC(=O)c1ccc2nc(C)cc(NCCN(C)C)c2c1. The Morgan fingerprint density at radius 3 is 1.87 bits per heavy atom. The molecule has 2 aromatic heterocycles. The number of aromatic nitrogens is 2. The normalized spacial score (nSPS) is 10.8. The lowest BCUT2D eigenvalue weighted by Gasteiger charge is -2.14. The third kappa shape index (κ3) is 8.12. The highest BCUT2D eigenvalue weighted by atomic mass is 35.5. The second-order valence-corrected chi connectivity index (χ2v) is 9.60. The molecule has 2 heterocycles. The van der Waals surface area contributed by atoms with Crippen molar-refractivity contribution in [3.8, 4) is 0 Å². The molecule has 9 heteroatoms. The first-order chi connectivity index (χ1) is 18.6. The maximum atomic E-state index is 11.9.